The monoisotopic (exact) mass is 285 g/mol. The van der Waals surface area contributed by atoms with Crippen LogP contribution in [0.2, 0.25) is 0 Å². The summed E-state index contributed by atoms with van der Waals surface area (Å²) in [6, 6.07) is 12.8. The van der Waals surface area contributed by atoms with Crippen molar-refractivity contribution in [2.45, 2.75) is 6.92 Å². The molecule has 2 rings (SSSR count). The molecule has 0 unspecified atom stereocenters. The predicted molar refractivity (Wildman–Crippen MR) is 85.1 cm³/mol. The van der Waals surface area contributed by atoms with Crippen LogP contribution in [0.3, 0.4) is 0 Å². The Hall–Kier alpha value is -2.69. The van der Waals surface area contributed by atoms with Gasteiger partial charge < -0.3 is 21.1 Å². The van der Waals surface area contributed by atoms with Crippen LogP contribution in [0.25, 0.3) is 0 Å². The van der Waals surface area contributed by atoms with Crippen LogP contribution in [-0.4, -0.2) is 19.6 Å². The molecule has 0 saturated carbocycles. The summed E-state index contributed by atoms with van der Waals surface area (Å²) in [6.45, 7) is 2.50. The highest BCUT2D eigenvalue weighted by molar-refractivity contribution is 6.01. The first kappa shape index (κ1) is 14.7. The number of hydrogen-bond donors (Lipinski definition) is 3. The summed E-state index contributed by atoms with van der Waals surface area (Å²) in [7, 11) is 1.59. The van der Waals surface area contributed by atoms with E-state index in [0.717, 1.165) is 11.4 Å². The zero-order valence-corrected chi connectivity index (χ0v) is 12.1. The number of nitrogens with one attached hydrogen (secondary N) is 2. The van der Waals surface area contributed by atoms with Gasteiger partial charge in [0, 0.05) is 12.7 Å². The fourth-order valence-corrected chi connectivity index (χ4v) is 1.99. The van der Waals surface area contributed by atoms with E-state index in [-0.39, 0.29) is 5.91 Å². The normalized spacial score (nSPS) is 10.0. The Balaban J connectivity index is 2.38. The molecule has 0 fully saturated rings. The molecule has 4 N–H and O–H groups in total. The van der Waals surface area contributed by atoms with Crippen molar-refractivity contribution >= 4 is 23.0 Å². The van der Waals surface area contributed by atoms with E-state index < -0.39 is 0 Å². The highest BCUT2D eigenvalue weighted by Gasteiger charge is 2.12. The molecule has 1 amide bonds. The molecule has 5 heteroatoms. The number of anilines is 3. The topological polar surface area (TPSA) is 76.4 Å². The Morgan fingerprint density at radius 3 is 2.67 bits per heavy atom. The van der Waals surface area contributed by atoms with Crippen LogP contribution < -0.4 is 21.1 Å². The number of carbonyl (C=O) groups excluding carboxylic acids is 1. The highest BCUT2D eigenvalue weighted by atomic mass is 16.5. The highest BCUT2D eigenvalue weighted by Crippen LogP contribution is 2.29. The van der Waals surface area contributed by atoms with Gasteiger partial charge in [-0.3, -0.25) is 4.79 Å². The molecule has 0 aromatic heterocycles. The van der Waals surface area contributed by atoms with E-state index in [1.807, 2.05) is 31.2 Å². The Morgan fingerprint density at radius 2 is 1.95 bits per heavy atom. The Kier molecular flexibility index (Phi) is 4.66. The van der Waals surface area contributed by atoms with Crippen molar-refractivity contribution in [3.63, 3.8) is 0 Å². The Labute approximate surface area is 124 Å². The third-order valence-electron chi connectivity index (χ3n) is 2.97. The molecule has 0 aliphatic carbocycles. The van der Waals surface area contributed by atoms with Crippen molar-refractivity contribution in [3.05, 3.63) is 48.0 Å². The number of para-hydroxylation sites is 2. The zero-order chi connectivity index (χ0) is 15.2. The first-order chi connectivity index (χ1) is 10.2. The Morgan fingerprint density at radius 1 is 1.19 bits per heavy atom. The molecule has 0 bridgehead atoms. The molecule has 0 heterocycles. The second-order valence-corrected chi connectivity index (χ2v) is 4.44. The molecule has 0 aliphatic rings. The number of rotatable bonds is 5. The number of nitrogens with two attached hydrogens (primary N) is 1. The predicted octanol–water partition coefficient (Wildman–Crippen LogP) is 2.77. The first-order valence-corrected chi connectivity index (χ1v) is 6.76. The van der Waals surface area contributed by atoms with Gasteiger partial charge in [-0.1, -0.05) is 12.1 Å². The molecule has 0 aliphatic heterocycles. The molecule has 0 atom stereocenters. The van der Waals surface area contributed by atoms with Crippen molar-refractivity contribution in [2.75, 3.05) is 24.7 Å². The van der Waals surface area contributed by atoms with Crippen LogP contribution >= 0.6 is 0 Å². The van der Waals surface area contributed by atoms with Crippen molar-refractivity contribution in [1.82, 2.24) is 5.32 Å². The third kappa shape index (κ3) is 3.45. The van der Waals surface area contributed by atoms with Crippen LogP contribution in [-0.2, 0) is 0 Å². The number of benzene rings is 2. The standard InChI is InChI=1S/C16H19N3O2/c1-3-21-15-7-5-4-6-14(15)19-13-9-8-11(17)10-12(13)16(20)18-2/h4-10,19H,3,17H2,1-2H3,(H,18,20). The smallest absolute Gasteiger partial charge is 0.253 e. The van der Waals surface area contributed by atoms with E-state index in [9.17, 15) is 4.79 Å². The number of amides is 1. The van der Waals surface area contributed by atoms with Crippen LogP contribution in [0.4, 0.5) is 17.1 Å². The largest absolute Gasteiger partial charge is 0.492 e. The number of carbonyl (C=O) groups is 1. The molecule has 2 aromatic rings. The molecule has 5 nitrogen and oxygen atoms in total. The van der Waals surface area contributed by atoms with Gasteiger partial charge in [0.2, 0.25) is 0 Å². The summed E-state index contributed by atoms with van der Waals surface area (Å²) in [4.78, 5) is 11.9. The van der Waals surface area contributed by atoms with Crippen molar-refractivity contribution in [3.8, 4) is 5.75 Å². The van der Waals surface area contributed by atoms with E-state index in [0.29, 0.717) is 23.5 Å². The minimum atomic E-state index is -0.196. The van der Waals surface area contributed by atoms with Crippen LogP contribution in [0, 0.1) is 0 Å². The summed E-state index contributed by atoms with van der Waals surface area (Å²) < 4.78 is 5.57. The second-order valence-electron chi connectivity index (χ2n) is 4.44. The maximum atomic E-state index is 11.9. The summed E-state index contributed by atoms with van der Waals surface area (Å²) in [5.74, 6) is 0.540. The van der Waals surface area contributed by atoms with Gasteiger partial charge in [-0.05, 0) is 37.3 Å². The van der Waals surface area contributed by atoms with Gasteiger partial charge in [0.15, 0.2) is 0 Å². The van der Waals surface area contributed by atoms with Crippen LogP contribution in [0.1, 0.15) is 17.3 Å². The maximum absolute atomic E-state index is 11.9. The summed E-state index contributed by atoms with van der Waals surface area (Å²) in [5.41, 5.74) is 8.26. The first-order valence-electron chi connectivity index (χ1n) is 6.76. The molecule has 21 heavy (non-hydrogen) atoms. The summed E-state index contributed by atoms with van der Waals surface area (Å²) in [6.07, 6.45) is 0. The van der Waals surface area contributed by atoms with Gasteiger partial charge in [0.25, 0.3) is 5.91 Å². The maximum Gasteiger partial charge on any atom is 0.253 e. The fraction of sp³-hybridized carbons (Fsp3) is 0.188. The lowest BCUT2D eigenvalue weighted by molar-refractivity contribution is 0.0964. The summed E-state index contributed by atoms with van der Waals surface area (Å²) in [5, 5.41) is 5.84. The van der Waals surface area contributed by atoms with Gasteiger partial charge in [0.1, 0.15) is 5.75 Å². The lowest BCUT2D eigenvalue weighted by Crippen LogP contribution is -2.19. The molecular weight excluding hydrogens is 266 g/mol. The number of nitrogen functional groups attached to an aromatic ring is 1. The molecule has 0 saturated heterocycles. The van der Waals surface area contributed by atoms with E-state index in [1.165, 1.54) is 0 Å². The quantitative estimate of drug-likeness (QED) is 0.738. The van der Waals surface area contributed by atoms with Gasteiger partial charge in [0.05, 0.1) is 23.5 Å². The average molecular weight is 285 g/mol. The molecule has 0 radical (unpaired) electrons. The van der Waals surface area contributed by atoms with Crippen LogP contribution in [0.5, 0.6) is 5.75 Å². The lowest BCUT2D eigenvalue weighted by atomic mass is 10.1. The van der Waals surface area contributed by atoms with E-state index in [2.05, 4.69) is 10.6 Å². The van der Waals surface area contributed by atoms with Gasteiger partial charge in [-0.15, -0.1) is 0 Å². The van der Waals surface area contributed by atoms with E-state index in [1.54, 1.807) is 25.2 Å². The number of hydrogen-bond acceptors (Lipinski definition) is 4. The van der Waals surface area contributed by atoms with E-state index >= 15 is 0 Å². The molecule has 2 aromatic carbocycles. The minimum absolute atomic E-state index is 0.196. The average Bonchev–Trinajstić information content (AvgIpc) is 2.50. The third-order valence-corrected chi connectivity index (χ3v) is 2.97. The zero-order valence-electron chi connectivity index (χ0n) is 12.1. The summed E-state index contributed by atoms with van der Waals surface area (Å²) >= 11 is 0. The lowest BCUT2D eigenvalue weighted by Gasteiger charge is -2.15. The van der Waals surface area contributed by atoms with Crippen molar-refractivity contribution < 1.29 is 9.53 Å². The van der Waals surface area contributed by atoms with Crippen molar-refractivity contribution in [2.24, 2.45) is 0 Å². The second kappa shape index (κ2) is 6.65. The molecule has 0 spiro atoms. The number of ether oxygens (including phenoxy) is 1. The molecule has 110 valence electrons. The minimum Gasteiger partial charge on any atom is -0.492 e. The fourth-order valence-electron chi connectivity index (χ4n) is 1.99. The van der Waals surface area contributed by atoms with E-state index in [4.69, 9.17) is 10.5 Å². The van der Waals surface area contributed by atoms with Crippen molar-refractivity contribution in [1.29, 1.82) is 0 Å². The molecular formula is C16H19N3O2. The van der Waals surface area contributed by atoms with Gasteiger partial charge >= 0.3 is 0 Å². The van der Waals surface area contributed by atoms with Gasteiger partial charge in [-0.2, -0.15) is 0 Å². The van der Waals surface area contributed by atoms with Crippen LogP contribution in [0.15, 0.2) is 42.5 Å². The Bertz CT molecular complexity index is 641. The van der Waals surface area contributed by atoms with Gasteiger partial charge in [-0.25, -0.2) is 0 Å². The SMILES string of the molecule is CCOc1ccccc1Nc1ccc(N)cc1C(=O)NC.